The molecule has 0 atom stereocenters. The van der Waals surface area contributed by atoms with Gasteiger partial charge in [0.15, 0.2) is 0 Å². The highest BCUT2D eigenvalue weighted by atomic mass is 16.1. The molecule has 22 heavy (non-hydrogen) atoms. The van der Waals surface area contributed by atoms with Crippen LogP contribution in [0.15, 0.2) is 42.7 Å². The van der Waals surface area contributed by atoms with E-state index in [1.165, 1.54) is 18.4 Å². The van der Waals surface area contributed by atoms with E-state index in [4.69, 9.17) is 0 Å². The number of imidazole rings is 1. The zero-order valence-electron chi connectivity index (χ0n) is 12.4. The lowest BCUT2D eigenvalue weighted by atomic mass is 10.2. The minimum absolute atomic E-state index is 0.657. The summed E-state index contributed by atoms with van der Waals surface area (Å²) < 4.78 is 0. The third kappa shape index (κ3) is 3.49. The van der Waals surface area contributed by atoms with E-state index >= 15 is 0 Å². The molecule has 1 saturated carbocycles. The lowest BCUT2D eigenvalue weighted by Gasteiger charge is -1.96. The number of fused-ring (bicyclic) bond motifs is 1. The maximum atomic E-state index is 10.2. The van der Waals surface area contributed by atoms with Crippen molar-refractivity contribution in [3.63, 3.8) is 0 Å². The van der Waals surface area contributed by atoms with Gasteiger partial charge in [0.05, 0.1) is 11.0 Å². The van der Waals surface area contributed by atoms with Crippen LogP contribution < -0.4 is 5.32 Å². The Morgan fingerprint density at radius 3 is 2.86 bits per heavy atom. The molecule has 112 valence electrons. The molecule has 2 heterocycles. The summed E-state index contributed by atoms with van der Waals surface area (Å²) in [7, 11) is 0. The molecule has 4 rings (SSSR count). The van der Waals surface area contributed by atoms with E-state index in [2.05, 4.69) is 26.3 Å². The van der Waals surface area contributed by atoms with Crippen molar-refractivity contribution in [3.8, 4) is 0 Å². The van der Waals surface area contributed by atoms with E-state index < -0.39 is 0 Å². The second-order valence-electron chi connectivity index (χ2n) is 5.38. The van der Waals surface area contributed by atoms with Crippen LogP contribution in [0.1, 0.15) is 30.1 Å². The fraction of sp³-hybridized carbons (Fsp3) is 0.235. The van der Waals surface area contributed by atoms with Gasteiger partial charge in [-0.2, -0.15) is 0 Å². The Labute approximate surface area is 128 Å². The fourth-order valence-corrected chi connectivity index (χ4v) is 2.33. The smallest absolute Gasteiger partial charge is 0.211 e. The average molecular weight is 294 g/mol. The number of pyridine rings is 1. The van der Waals surface area contributed by atoms with Crippen molar-refractivity contribution in [1.82, 2.24) is 15.0 Å². The molecule has 1 fully saturated rings. The largest absolute Gasteiger partial charge is 0.342 e. The number of amides is 1. The zero-order valence-corrected chi connectivity index (χ0v) is 12.4. The quantitative estimate of drug-likeness (QED) is 0.727. The summed E-state index contributed by atoms with van der Waals surface area (Å²) in [5.41, 5.74) is 4.03. The first-order valence-corrected chi connectivity index (χ1v) is 7.33. The lowest BCUT2D eigenvalue weighted by Crippen LogP contribution is -1.92. The molecule has 5 nitrogen and oxygen atoms in total. The fourth-order valence-electron chi connectivity index (χ4n) is 2.33. The van der Waals surface area contributed by atoms with E-state index in [1.807, 2.05) is 43.6 Å². The molecule has 2 N–H and O–H groups in total. The summed E-state index contributed by atoms with van der Waals surface area (Å²) in [5, 5.41) is 2.58. The van der Waals surface area contributed by atoms with Crippen LogP contribution in [0.3, 0.4) is 0 Å². The number of hydrogen-bond acceptors (Lipinski definition) is 3. The molecular formula is C17H18N4O. The number of nitrogens with zero attached hydrogens (tertiary/aromatic N) is 2. The third-order valence-electron chi connectivity index (χ3n) is 3.56. The Morgan fingerprint density at radius 2 is 2.18 bits per heavy atom. The van der Waals surface area contributed by atoms with Gasteiger partial charge in [0.1, 0.15) is 5.82 Å². The summed E-state index contributed by atoms with van der Waals surface area (Å²) >= 11 is 0. The number of carbonyl (C=O) groups is 1. The van der Waals surface area contributed by atoms with Gasteiger partial charge in [-0.3, -0.25) is 9.78 Å². The molecule has 2 aromatic heterocycles. The summed E-state index contributed by atoms with van der Waals surface area (Å²) in [4.78, 5) is 21.6. The molecule has 0 aliphatic heterocycles. The molecule has 5 heteroatoms. The Balaban J connectivity index is 0.000000139. The number of rotatable bonds is 3. The second-order valence-corrected chi connectivity index (χ2v) is 5.38. The SMILES string of the molecule is Cc1nc2ccc(NC=O)cc2[nH]1.c1cncc(C2CC2)c1. The van der Waals surface area contributed by atoms with Gasteiger partial charge in [0.2, 0.25) is 6.41 Å². The van der Waals surface area contributed by atoms with Crippen molar-refractivity contribution in [2.45, 2.75) is 25.7 Å². The first kappa shape index (κ1) is 14.3. The molecule has 1 aliphatic rings. The van der Waals surface area contributed by atoms with E-state index in [-0.39, 0.29) is 0 Å². The van der Waals surface area contributed by atoms with Crippen LogP contribution in [-0.2, 0) is 4.79 Å². The number of aryl methyl sites for hydroxylation is 1. The van der Waals surface area contributed by atoms with Crippen molar-refractivity contribution >= 4 is 23.1 Å². The van der Waals surface area contributed by atoms with Gasteiger partial charge >= 0.3 is 0 Å². The van der Waals surface area contributed by atoms with Gasteiger partial charge in [-0.1, -0.05) is 6.07 Å². The maximum Gasteiger partial charge on any atom is 0.211 e. The second kappa shape index (κ2) is 6.39. The number of hydrogen-bond donors (Lipinski definition) is 2. The summed E-state index contributed by atoms with van der Waals surface area (Å²) in [5.74, 6) is 1.72. The van der Waals surface area contributed by atoms with Crippen LogP contribution in [-0.4, -0.2) is 21.4 Å². The number of H-pyrrole nitrogens is 1. The Bertz CT molecular complexity index is 763. The molecule has 1 amide bonds. The number of nitrogens with one attached hydrogen (secondary N) is 2. The predicted molar refractivity (Wildman–Crippen MR) is 86.7 cm³/mol. The highest BCUT2D eigenvalue weighted by Crippen LogP contribution is 2.39. The molecule has 0 spiro atoms. The van der Waals surface area contributed by atoms with Crippen LogP contribution in [0, 0.1) is 6.92 Å². The Morgan fingerprint density at radius 1 is 1.32 bits per heavy atom. The van der Waals surface area contributed by atoms with Crippen molar-refractivity contribution in [3.05, 3.63) is 54.1 Å². The van der Waals surface area contributed by atoms with Gasteiger partial charge in [-0.15, -0.1) is 0 Å². The molecular weight excluding hydrogens is 276 g/mol. The predicted octanol–water partition coefficient (Wildman–Crippen LogP) is 3.40. The van der Waals surface area contributed by atoms with Crippen LogP contribution in [0.25, 0.3) is 11.0 Å². The number of aromatic nitrogens is 3. The molecule has 0 radical (unpaired) electrons. The van der Waals surface area contributed by atoms with E-state index in [0.717, 1.165) is 28.5 Å². The lowest BCUT2D eigenvalue weighted by molar-refractivity contribution is -0.105. The first-order chi connectivity index (χ1) is 10.8. The number of aromatic amines is 1. The van der Waals surface area contributed by atoms with Crippen LogP contribution in [0.5, 0.6) is 0 Å². The third-order valence-corrected chi connectivity index (χ3v) is 3.56. The Kier molecular flexibility index (Phi) is 4.14. The normalized spacial score (nSPS) is 13.3. The van der Waals surface area contributed by atoms with Gasteiger partial charge < -0.3 is 10.3 Å². The van der Waals surface area contributed by atoms with Gasteiger partial charge in [0, 0.05) is 18.1 Å². The van der Waals surface area contributed by atoms with Gasteiger partial charge in [0.25, 0.3) is 0 Å². The molecule has 0 saturated heterocycles. The topological polar surface area (TPSA) is 70.7 Å². The van der Waals surface area contributed by atoms with E-state index in [9.17, 15) is 4.79 Å². The van der Waals surface area contributed by atoms with E-state index in [1.54, 1.807) is 0 Å². The molecule has 1 aromatic carbocycles. The van der Waals surface area contributed by atoms with Crippen molar-refractivity contribution in [2.75, 3.05) is 5.32 Å². The van der Waals surface area contributed by atoms with Crippen molar-refractivity contribution in [2.24, 2.45) is 0 Å². The zero-order chi connectivity index (χ0) is 15.4. The van der Waals surface area contributed by atoms with Crippen molar-refractivity contribution < 1.29 is 4.79 Å². The highest BCUT2D eigenvalue weighted by Gasteiger charge is 2.22. The van der Waals surface area contributed by atoms with E-state index in [0.29, 0.717) is 6.41 Å². The van der Waals surface area contributed by atoms with Crippen LogP contribution >= 0.6 is 0 Å². The van der Waals surface area contributed by atoms with Crippen LogP contribution in [0.4, 0.5) is 5.69 Å². The molecule has 3 aromatic rings. The Hall–Kier alpha value is -2.69. The summed E-state index contributed by atoms with van der Waals surface area (Å²) in [6, 6.07) is 9.70. The molecule has 0 bridgehead atoms. The first-order valence-electron chi connectivity index (χ1n) is 7.33. The maximum absolute atomic E-state index is 10.2. The highest BCUT2D eigenvalue weighted by molar-refractivity contribution is 5.82. The minimum Gasteiger partial charge on any atom is -0.342 e. The number of anilines is 1. The minimum atomic E-state index is 0.657. The molecule has 1 aliphatic carbocycles. The molecule has 0 unspecified atom stereocenters. The van der Waals surface area contributed by atoms with Gasteiger partial charge in [-0.25, -0.2) is 4.98 Å². The average Bonchev–Trinajstić information content (AvgIpc) is 3.31. The summed E-state index contributed by atoms with van der Waals surface area (Å²) in [6.07, 6.45) is 7.19. The van der Waals surface area contributed by atoms with Crippen molar-refractivity contribution in [1.29, 1.82) is 0 Å². The monoisotopic (exact) mass is 294 g/mol. The number of benzene rings is 1. The van der Waals surface area contributed by atoms with Gasteiger partial charge in [-0.05, 0) is 55.5 Å². The number of carbonyl (C=O) groups excluding carboxylic acids is 1. The summed E-state index contributed by atoms with van der Waals surface area (Å²) in [6.45, 7) is 1.90. The van der Waals surface area contributed by atoms with Crippen LogP contribution in [0.2, 0.25) is 0 Å². The standard InChI is InChI=1S/C9H9N3O.C8H9N/c1-6-11-8-3-2-7(10-5-13)4-9(8)12-6;1-2-8(6-9-5-1)7-3-4-7/h2-5H,1H3,(H,10,13)(H,11,12);1-2,5-7H,3-4H2.